The molecule has 0 bridgehead atoms. The zero-order valence-corrected chi connectivity index (χ0v) is 16.7. The maximum absolute atomic E-state index is 13.9. The summed E-state index contributed by atoms with van der Waals surface area (Å²) in [5, 5.41) is 3.63. The van der Waals surface area contributed by atoms with Crippen molar-refractivity contribution in [1.29, 1.82) is 0 Å². The van der Waals surface area contributed by atoms with Gasteiger partial charge >= 0.3 is 0 Å². The molecule has 5 nitrogen and oxygen atoms in total. The van der Waals surface area contributed by atoms with Gasteiger partial charge in [0.05, 0.1) is 22.3 Å². The Morgan fingerprint density at radius 2 is 2.04 bits per heavy atom. The van der Waals surface area contributed by atoms with Crippen LogP contribution in [0.4, 0.5) is 10.1 Å². The van der Waals surface area contributed by atoms with E-state index >= 15 is 0 Å². The van der Waals surface area contributed by atoms with Gasteiger partial charge in [-0.2, -0.15) is 0 Å². The van der Waals surface area contributed by atoms with Crippen LogP contribution in [0.3, 0.4) is 0 Å². The van der Waals surface area contributed by atoms with Crippen LogP contribution in [0.2, 0.25) is 0 Å². The minimum Gasteiger partial charge on any atom is -0.323 e. The lowest BCUT2D eigenvalue weighted by Gasteiger charge is -2.13. The Kier molecular flexibility index (Phi) is 6.46. The highest BCUT2D eigenvalue weighted by Gasteiger charge is 2.14. The third kappa shape index (κ3) is 4.59. The fourth-order valence-corrected chi connectivity index (χ4v) is 3.63. The quantitative estimate of drug-likeness (QED) is 0.473. The maximum Gasteiger partial charge on any atom is 0.262 e. The molecule has 0 saturated carbocycles. The first-order valence-corrected chi connectivity index (χ1v) is 10.2. The number of fused-ring (bicyclic) bond motifs is 1. The van der Waals surface area contributed by atoms with Crippen LogP contribution >= 0.6 is 11.8 Å². The van der Waals surface area contributed by atoms with Crippen LogP contribution in [0.1, 0.15) is 25.3 Å². The van der Waals surface area contributed by atoms with Gasteiger partial charge in [0.1, 0.15) is 5.82 Å². The van der Waals surface area contributed by atoms with Crippen molar-refractivity contribution in [3.8, 4) is 0 Å². The number of para-hydroxylation sites is 1. The van der Waals surface area contributed by atoms with Crippen LogP contribution < -0.4 is 10.9 Å². The Labute approximate surface area is 167 Å². The van der Waals surface area contributed by atoms with Gasteiger partial charge < -0.3 is 5.32 Å². The first-order valence-electron chi connectivity index (χ1n) is 9.18. The maximum atomic E-state index is 13.9. The summed E-state index contributed by atoms with van der Waals surface area (Å²) >= 11 is 1.18. The molecule has 0 aliphatic heterocycles. The lowest BCUT2D eigenvalue weighted by molar-refractivity contribution is -0.113. The standard InChI is InChI=1S/C21H22FN3O2S/c1-3-4-11-25-20(27)15-7-5-6-8-17(15)24-21(25)28-13-19(26)23-18-10-9-14(2)12-16(18)22/h5-10,12H,3-4,11,13H2,1-2H3,(H,23,26). The Morgan fingerprint density at radius 1 is 1.25 bits per heavy atom. The second-order valence-corrected chi connectivity index (χ2v) is 7.48. The average molecular weight is 399 g/mol. The van der Waals surface area contributed by atoms with Gasteiger partial charge in [-0.3, -0.25) is 14.2 Å². The Bertz CT molecular complexity index is 1070. The molecule has 0 aliphatic carbocycles. The largest absolute Gasteiger partial charge is 0.323 e. The SMILES string of the molecule is CCCCn1c(SCC(=O)Nc2ccc(C)cc2F)nc2ccccc2c1=O. The molecule has 2 aromatic carbocycles. The lowest BCUT2D eigenvalue weighted by Crippen LogP contribution is -2.24. The number of hydrogen-bond acceptors (Lipinski definition) is 4. The van der Waals surface area contributed by atoms with E-state index < -0.39 is 5.82 Å². The molecular weight excluding hydrogens is 377 g/mol. The van der Waals surface area contributed by atoms with Gasteiger partial charge in [0.15, 0.2) is 5.16 Å². The van der Waals surface area contributed by atoms with Crippen LogP contribution in [0, 0.1) is 12.7 Å². The van der Waals surface area contributed by atoms with E-state index in [-0.39, 0.29) is 22.9 Å². The normalized spacial score (nSPS) is 11.0. The van der Waals surface area contributed by atoms with Crippen LogP contribution in [0.15, 0.2) is 52.4 Å². The highest BCUT2D eigenvalue weighted by atomic mass is 32.2. The predicted octanol–water partition coefficient (Wildman–Crippen LogP) is 4.37. The predicted molar refractivity (Wildman–Crippen MR) is 111 cm³/mol. The number of aryl methyl sites for hydroxylation is 1. The van der Waals surface area contributed by atoms with E-state index in [4.69, 9.17) is 0 Å². The molecule has 0 aliphatic rings. The fraction of sp³-hybridized carbons (Fsp3) is 0.286. The summed E-state index contributed by atoms with van der Waals surface area (Å²) in [6.45, 7) is 4.38. The van der Waals surface area contributed by atoms with Crippen molar-refractivity contribution < 1.29 is 9.18 Å². The summed E-state index contributed by atoms with van der Waals surface area (Å²) in [5.74, 6) is -0.788. The molecule has 28 heavy (non-hydrogen) atoms. The zero-order chi connectivity index (χ0) is 20.1. The second kappa shape index (κ2) is 9.01. The number of nitrogens with one attached hydrogen (secondary N) is 1. The monoisotopic (exact) mass is 399 g/mol. The topological polar surface area (TPSA) is 64.0 Å². The molecule has 1 aromatic heterocycles. The zero-order valence-electron chi connectivity index (χ0n) is 15.9. The van der Waals surface area contributed by atoms with Gasteiger partial charge in [0.25, 0.3) is 5.56 Å². The smallest absolute Gasteiger partial charge is 0.262 e. The number of hydrogen-bond donors (Lipinski definition) is 1. The molecule has 0 atom stereocenters. The molecule has 1 amide bonds. The molecule has 1 heterocycles. The summed E-state index contributed by atoms with van der Waals surface area (Å²) in [5.41, 5.74) is 1.43. The number of unbranched alkanes of at least 4 members (excludes halogenated alkanes) is 1. The van der Waals surface area contributed by atoms with Crippen molar-refractivity contribution >= 4 is 34.3 Å². The van der Waals surface area contributed by atoms with Crippen molar-refractivity contribution in [2.75, 3.05) is 11.1 Å². The highest BCUT2D eigenvalue weighted by Crippen LogP contribution is 2.20. The van der Waals surface area contributed by atoms with Crippen molar-refractivity contribution in [1.82, 2.24) is 9.55 Å². The average Bonchev–Trinajstić information content (AvgIpc) is 2.68. The number of nitrogens with zero attached hydrogens (tertiary/aromatic N) is 2. The summed E-state index contributed by atoms with van der Waals surface area (Å²) in [6, 6.07) is 11.8. The lowest BCUT2D eigenvalue weighted by atomic mass is 10.2. The molecule has 0 fully saturated rings. The van der Waals surface area contributed by atoms with Gasteiger partial charge in [0, 0.05) is 6.54 Å². The minimum absolute atomic E-state index is 0.0320. The Morgan fingerprint density at radius 3 is 2.79 bits per heavy atom. The summed E-state index contributed by atoms with van der Waals surface area (Å²) in [7, 11) is 0. The fourth-order valence-electron chi connectivity index (χ4n) is 2.81. The van der Waals surface area contributed by atoms with E-state index in [9.17, 15) is 14.0 Å². The molecule has 0 saturated heterocycles. The van der Waals surface area contributed by atoms with Gasteiger partial charge in [-0.05, 0) is 43.2 Å². The van der Waals surface area contributed by atoms with Gasteiger partial charge in [-0.25, -0.2) is 9.37 Å². The summed E-state index contributed by atoms with van der Waals surface area (Å²) < 4.78 is 15.5. The molecule has 0 radical (unpaired) electrons. The van der Waals surface area contributed by atoms with Crippen LogP contribution in [0.25, 0.3) is 10.9 Å². The highest BCUT2D eigenvalue weighted by molar-refractivity contribution is 7.99. The molecule has 1 N–H and O–H groups in total. The number of halogens is 1. The van der Waals surface area contributed by atoms with Crippen LogP contribution in [-0.4, -0.2) is 21.2 Å². The summed E-state index contributed by atoms with van der Waals surface area (Å²) in [6.07, 6.45) is 1.78. The van der Waals surface area contributed by atoms with Crippen molar-refractivity contribution in [2.45, 2.75) is 38.4 Å². The number of amides is 1. The number of rotatable bonds is 7. The van der Waals surface area contributed by atoms with E-state index in [0.29, 0.717) is 22.6 Å². The van der Waals surface area contributed by atoms with Gasteiger partial charge in [-0.1, -0.05) is 43.3 Å². The Balaban J connectivity index is 1.80. The van der Waals surface area contributed by atoms with E-state index in [0.717, 1.165) is 18.4 Å². The van der Waals surface area contributed by atoms with E-state index in [1.807, 2.05) is 12.1 Å². The molecule has 7 heteroatoms. The van der Waals surface area contributed by atoms with Crippen molar-refractivity contribution in [3.05, 3.63) is 64.2 Å². The third-order valence-electron chi connectivity index (χ3n) is 4.29. The molecule has 0 unspecified atom stereocenters. The third-order valence-corrected chi connectivity index (χ3v) is 5.27. The molecular formula is C21H22FN3O2S. The summed E-state index contributed by atoms with van der Waals surface area (Å²) in [4.78, 5) is 29.7. The molecule has 0 spiro atoms. The molecule has 146 valence electrons. The number of benzene rings is 2. The number of carbonyl (C=O) groups excluding carboxylic acids is 1. The number of anilines is 1. The second-order valence-electron chi connectivity index (χ2n) is 6.54. The number of thioether (sulfide) groups is 1. The minimum atomic E-state index is -0.470. The first-order chi connectivity index (χ1) is 13.5. The van der Waals surface area contributed by atoms with Crippen LogP contribution in [-0.2, 0) is 11.3 Å². The van der Waals surface area contributed by atoms with Crippen molar-refractivity contribution in [3.63, 3.8) is 0 Å². The van der Waals surface area contributed by atoms with Gasteiger partial charge in [-0.15, -0.1) is 0 Å². The van der Waals surface area contributed by atoms with E-state index in [1.165, 1.54) is 17.8 Å². The van der Waals surface area contributed by atoms with Crippen LogP contribution in [0.5, 0.6) is 0 Å². The van der Waals surface area contributed by atoms with E-state index in [2.05, 4.69) is 17.2 Å². The number of aromatic nitrogens is 2. The molecule has 3 aromatic rings. The van der Waals surface area contributed by atoms with E-state index in [1.54, 1.807) is 35.8 Å². The van der Waals surface area contributed by atoms with Gasteiger partial charge in [0.2, 0.25) is 5.91 Å². The first kappa shape index (κ1) is 20.1. The van der Waals surface area contributed by atoms with Crippen molar-refractivity contribution in [2.24, 2.45) is 0 Å². The molecule has 3 rings (SSSR count). The number of carbonyl (C=O) groups is 1. The Hall–Kier alpha value is -2.67.